The lowest BCUT2D eigenvalue weighted by Gasteiger charge is -2.17. The largest absolute Gasteiger partial charge is 0.327 e. The molecule has 0 bridgehead atoms. The van der Waals surface area contributed by atoms with E-state index >= 15 is 0 Å². The van der Waals surface area contributed by atoms with Crippen LogP contribution in [0, 0.1) is 11.8 Å². The van der Waals surface area contributed by atoms with Gasteiger partial charge in [0, 0.05) is 19.1 Å². The van der Waals surface area contributed by atoms with Crippen LogP contribution in [0.1, 0.15) is 18.7 Å². The molecular formula is C14H18N4OS. The zero-order valence-corrected chi connectivity index (χ0v) is 12.0. The average Bonchev–Trinajstić information content (AvgIpc) is 3.08. The van der Waals surface area contributed by atoms with E-state index in [1.807, 2.05) is 11.4 Å². The van der Waals surface area contributed by atoms with Crippen LogP contribution in [0.5, 0.6) is 0 Å². The quantitative estimate of drug-likeness (QED) is 0.870. The molecule has 1 aliphatic heterocycles. The maximum atomic E-state index is 12.0. The maximum Gasteiger partial charge on any atom is 0.268 e. The molecule has 3 unspecified atom stereocenters. The van der Waals surface area contributed by atoms with Gasteiger partial charge in [0.15, 0.2) is 0 Å². The number of thiophene rings is 1. The maximum absolute atomic E-state index is 12.0. The average molecular weight is 290 g/mol. The molecule has 0 radical (unpaired) electrons. The van der Waals surface area contributed by atoms with Crippen molar-refractivity contribution in [3.63, 3.8) is 0 Å². The molecule has 3 N–H and O–H groups in total. The Bertz CT molecular complexity index is 694. The zero-order valence-electron chi connectivity index (χ0n) is 11.2. The Balaban J connectivity index is 1.55. The standard InChI is InChI=1S/C14H18N4OS/c15-10-2-1-8-5-18(6-9(8)10)7-12-16-11-3-4-20-13(11)14(19)17-12/h3-4,8-10H,1-2,5-7,15H2,(H,16,17,19). The Morgan fingerprint density at radius 2 is 2.35 bits per heavy atom. The number of rotatable bonds is 2. The third kappa shape index (κ3) is 1.99. The first-order valence-electron chi connectivity index (χ1n) is 7.15. The molecule has 0 amide bonds. The van der Waals surface area contributed by atoms with Crippen LogP contribution in [0.4, 0.5) is 0 Å². The van der Waals surface area contributed by atoms with Crippen LogP contribution in [-0.2, 0) is 6.54 Å². The number of likely N-dealkylation sites (tertiary alicyclic amines) is 1. The van der Waals surface area contributed by atoms with Gasteiger partial charge in [-0.25, -0.2) is 4.98 Å². The topological polar surface area (TPSA) is 75.0 Å². The fourth-order valence-electron chi connectivity index (χ4n) is 3.74. The summed E-state index contributed by atoms with van der Waals surface area (Å²) in [6.07, 6.45) is 2.41. The molecule has 1 saturated carbocycles. The van der Waals surface area contributed by atoms with Gasteiger partial charge in [-0.3, -0.25) is 9.69 Å². The number of nitrogens with two attached hydrogens (primary N) is 1. The first-order valence-corrected chi connectivity index (χ1v) is 8.03. The van der Waals surface area contributed by atoms with E-state index < -0.39 is 0 Å². The second kappa shape index (κ2) is 4.65. The van der Waals surface area contributed by atoms with E-state index in [-0.39, 0.29) is 5.56 Å². The highest BCUT2D eigenvalue weighted by Crippen LogP contribution is 2.37. The Morgan fingerprint density at radius 3 is 3.20 bits per heavy atom. The minimum Gasteiger partial charge on any atom is -0.327 e. The first-order chi connectivity index (χ1) is 9.70. The van der Waals surface area contributed by atoms with E-state index in [1.54, 1.807) is 0 Å². The third-order valence-electron chi connectivity index (χ3n) is 4.73. The van der Waals surface area contributed by atoms with Crippen LogP contribution in [0.15, 0.2) is 16.2 Å². The summed E-state index contributed by atoms with van der Waals surface area (Å²) in [7, 11) is 0. The van der Waals surface area contributed by atoms with Crippen LogP contribution in [0.2, 0.25) is 0 Å². The fraction of sp³-hybridized carbons (Fsp3) is 0.571. The lowest BCUT2D eigenvalue weighted by molar-refractivity contribution is 0.291. The van der Waals surface area contributed by atoms with Gasteiger partial charge in [-0.2, -0.15) is 0 Å². The van der Waals surface area contributed by atoms with E-state index in [2.05, 4.69) is 14.9 Å². The van der Waals surface area contributed by atoms with Crippen LogP contribution < -0.4 is 11.3 Å². The monoisotopic (exact) mass is 290 g/mol. The molecule has 3 atom stereocenters. The van der Waals surface area contributed by atoms with Crippen LogP contribution >= 0.6 is 11.3 Å². The highest BCUT2D eigenvalue weighted by molar-refractivity contribution is 7.17. The minimum atomic E-state index is -0.0175. The molecule has 2 aromatic rings. The van der Waals surface area contributed by atoms with Crippen molar-refractivity contribution in [1.82, 2.24) is 14.9 Å². The predicted octanol–water partition coefficient (Wildman–Crippen LogP) is 1.15. The summed E-state index contributed by atoms with van der Waals surface area (Å²) >= 11 is 1.44. The van der Waals surface area contributed by atoms with Gasteiger partial charge in [-0.15, -0.1) is 11.3 Å². The summed E-state index contributed by atoms with van der Waals surface area (Å²) < 4.78 is 0.717. The molecule has 2 aliphatic rings. The molecule has 6 heteroatoms. The number of hydrogen-bond donors (Lipinski definition) is 2. The number of nitrogens with zero attached hydrogens (tertiary/aromatic N) is 2. The number of aromatic amines is 1. The molecule has 2 aromatic heterocycles. The Labute approximate surface area is 120 Å². The van der Waals surface area contributed by atoms with E-state index in [0.29, 0.717) is 16.7 Å². The van der Waals surface area contributed by atoms with Crippen LogP contribution in [0.25, 0.3) is 10.2 Å². The van der Waals surface area contributed by atoms with Crippen molar-refractivity contribution in [2.45, 2.75) is 25.4 Å². The molecular weight excluding hydrogens is 272 g/mol. The van der Waals surface area contributed by atoms with Gasteiger partial charge in [-0.05, 0) is 36.1 Å². The van der Waals surface area contributed by atoms with Gasteiger partial charge in [0.1, 0.15) is 10.5 Å². The molecule has 1 aliphatic carbocycles. The second-order valence-electron chi connectivity index (χ2n) is 6.01. The summed E-state index contributed by atoms with van der Waals surface area (Å²) in [5.74, 6) is 2.14. The fourth-order valence-corrected chi connectivity index (χ4v) is 4.46. The third-order valence-corrected chi connectivity index (χ3v) is 5.63. The second-order valence-corrected chi connectivity index (χ2v) is 6.92. The van der Waals surface area contributed by atoms with Gasteiger partial charge in [0.25, 0.3) is 5.56 Å². The minimum absolute atomic E-state index is 0.0175. The highest BCUT2D eigenvalue weighted by atomic mass is 32.1. The van der Waals surface area contributed by atoms with Gasteiger partial charge in [-0.1, -0.05) is 0 Å². The number of aromatic nitrogens is 2. The smallest absolute Gasteiger partial charge is 0.268 e. The van der Waals surface area contributed by atoms with Crippen molar-refractivity contribution in [3.8, 4) is 0 Å². The van der Waals surface area contributed by atoms with Gasteiger partial charge in [0.2, 0.25) is 0 Å². The summed E-state index contributed by atoms with van der Waals surface area (Å²) in [5.41, 5.74) is 6.95. The Hall–Kier alpha value is -1.24. The molecule has 4 rings (SSSR count). The molecule has 2 fully saturated rings. The van der Waals surface area contributed by atoms with E-state index in [1.165, 1.54) is 24.2 Å². The number of hydrogen-bond acceptors (Lipinski definition) is 5. The molecule has 0 spiro atoms. The van der Waals surface area contributed by atoms with E-state index in [9.17, 15) is 4.79 Å². The van der Waals surface area contributed by atoms with Gasteiger partial charge >= 0.3 is 0 Å². The molecule has 106 valence electrons. The molecule has 0 aromatic carbocycles. The van der Waals surface area contributed by atoms with Crippen molar-refractivity contribution >= 4 is 21.6 Å². The summed E-state index contributed by atoms with van der Waals surface area (Å²) in [5, 5.41) is 1.91. The predicted molar refractivity (Wildman–Crippen MR) is 79.7 cm³/mol. The van der Waals surface area contributed by atoms with Gasteiger partial charge < -0.3 is 10.7 Å². The summed E-state index contributed by atoms with van der Waals surface area (Å²) in [6, 6.07) is 2.27. The SMILES string of the molecule is NC1CCC2CN(Cc3nc4ccsc4c(=O)[nH]3)CC12. The summed E-state index contributed by atoms with van der Waals surface area (Å²) in [4.78, 5) is 21.8. The van der Waals surface area contributed by atoms with Crippen molar-refractivity contribution in [2.75, 3.05) is 13.1 Å². The highest BCUT2D eigenvalue weighted by Gasteiger charge is 2.40. The first kappa shape index (κ1) is 12.5. The number of nitrogens with one attached hydrogen (secondary N) is 1. The number of H-pyrrole nitrogens is 1. The molecule has 20 heavy (non-hydrogen) atoms. The normalized spacial score (nSPS) is 30.1. The Morgan fingerprint density at radius 1 is 1.45 bits per heavy atom. The van der Waals surface area contributed by atoms with Crippen molar-refractivity contribution in [2.24, 2.45) is 17.6 Å². The lowest BCUT2D eigenvalue weighted by Crippen LogP contribution is -2.30. The molecule has 1 saturated heterocycles. The van der Waals surface area contributed by atoms with E-state index in [4.69, 9.17) is 5.73 Å². The van der Waals surface area contributed by atoms with Crippen molar-refractivity contribution in [3.05, 3.63) is 27.6 Å². The zero-order chi connectivity index (χ0) is 13.7. The molecule has 3 heterocycles. The van der Waals surface area contributed by atoms with Gasteiger partial charge in [0.05, 0.1) is 12.1 Å². The van der Waals surface area contributed by atoms with Crippen molar-refractivity contribution < 1.29 is 0 Å². The van der Waals surface area contributed by atoms with Crippen LogP contribution in [0.3, 0.4) is 0 Å². The lowest BCUT2D eigenvalue weighted by atomic mass is 9.98. The Kier molecular flexibility index (Phi) is 2.90. The molecule has 5 nitrogen and oxygen atoms in total. The van der Waals surface area contributed by atoms with Crippen molar-refractivity contribution in [1.29, 1.82) is 0 Å². The number of fused-ring (bicyclic) bond motifs is 2. The van der Waals surface area contributed by atoms with E-state index in [0.717, 1.165) is 36.9 Å². The van der Waals surface area contributed by atoms with Crippen LogP contribution in [-0.4, -0.2) is 34.0 Å². The summed E-state index contributed by atoms with van der Waals surface area (Å²) in [6.45, 7) is 2.85.